The number of benzene rings is 2. The van der Waals surface area contributed by atoms with Gasteiger partial charge in [0, 0.05) is 23.2 Å². The van der Waals surface area contributed by atoms with Gasteiger partial charge in [0.05, 0.1) is 5.56 Å². The predicted molar refractivity (Wildman–Crippen MR) is 105 cm³/mol. The van der Waals surface area contributed by atoms with Gasteiger partial charge >= 0.3 is 11.8 Å². The van der Waals surface area contributed by atoms with Crippen LogP contribution in [-0.2, 0) is 23.8 Å². The molecular formula is C22H18F3NO4. The van der Waals surface area contributed by atoms with E-state index in [1.807, 2.05) is 18.2 Å². The standard InChI is InChI=1S/C22H18F3NO4/c1-12(21(28)26-15-6-5-13-3-2-4-14(13)9-15)29-16-7-8-17-18(22(23,24)25)11-20(27)30-19(17)10-16/h5-12H,2-4H2,1H3,(H,26,28)/t12-/m1/s1. The van der Waals surface area contributed by atoms with E-state index >= 15 is 0 Å². The van der Waals surface area contributed by atoms with Gasteiger partial charge in [-0.25, -0.2) is 4.79 Å². The van der Waals surface area contributed by atoms with Crippen molar-refractivity contribution in [3.8, 4) is 5.75 Å². The van der Waals surface area contributed by atoms with E-state index in [9.17, 15) is 22.8 Å². The third-order valence-corrected chi connectivity index (χ3v) is 5.07. The van der Waals surface area contributed by atoms with Crippen LogP contribution in [0.25, 0.3) is 11.0 Å². The topological polar surface area (TPSA) is 68.5 Å². The Hall–Kier alpha value is -3.29. The number of carbonyl (C=O) groups excluding carboxylic acids is 1. The van der Waals surface area contributed by atoms with Crippen molar-refractivity contribution in [2.45, 2.75) is 38.5 Å². The molecular weight excluding hydrogens is 399 g/mol. The van der Waals surface area contributed by atoms with E-state index in [-0.39, 0.29) is 16.7 Å². The van der Waals surface area contributed by atoms with Gasteiger partial charge in [0.1, 0.15) is 11.3 Å². The summed E-state index contributed by atoms with van der Waals surface area (Å²) in [5, 5.41) is 2.52. The summed E-state index contributed by atoms with van der Waals surface area (Å²) in [6.45, 7) is 1.52. The maximum absolute atomic E-state index is 13.1. The van der Waals surface area contributed by atoms with Crippen molar-refractivity contribution in [2.75, 3.05) is 5.32 Å². The highest BCUT2D eigenvalue weighted by molar-refractivity contribution is 5.94. The monoisotopic (exact) mass is 417 g/mol. The average Bonchev–Trinajstić information content (AvgIpc) is 3.14. The number of anilines is 1. The van der Waals surface area contributed by atoms with E-state index in [1.165, 1.54) is 30.2 Å². The maximum atomic E-state index is 13.1. The summed E-state index contributed by atoms with van der Waals surface area (Å²) in [4.78, 5) is 24.0. The molecule has 0 spiro atoms. The molecule has 5 nitrogen and oxygen atoms in total. The van der Waals surface area contributed by atoms with Gasteiger partial charge in [-0.1, -0.05) is 6.07 Å². The van der Waals surface area contributed by atoms with Crippen LogP contribution in [-0.4, -0.2) is 12.0 Å². The first-order valence-corrected chi connectivity index (χ1v) is 9.45. The Morgan fingerprint density at radius 1 is 1.10 bits per heavy atom. The van der Waals surface area contributed by atoms with Crippen LogP contribution in [0.15, 0.2) is 51.7 Å². The molecule has 0 aliphatic heterocycles. The highest BCUT2D eigenvalue weighted by atomic mass is 19.4. The largest absolute Gasteiger partial charge is 0.481 e. The molecule has 0 saturated carbocycles. The van der Waals surface area contributed by atoms with Crippen molar-refractivity contribution in [1.29, 1.82) is 0 Å². The minimum atomic E-state index is -4.69. The molecule has 156 valence electrons. The lowest BCUT2D eigenvalue weighted by atomic mass is 10.1. The molecule has 1 amide bonds. The fraction of sp³-hybridized carbons (Fsp3) is 0.273. The fourth-order valence-corrected chi connectivity index (χ4v) is 3.60. The summed E-state index contributed by atoms with van der Waals surface area (Å²) in [5.74, 6) is -0.292. The number of halogens is 3. The normalized spacial score (nSPS) is 14.4. The smallest absolute Gasteiger partial charge is 0.417 e. The van der Waals surface area contributed by atoms with Crippen LogP contribution in [0.5, 0.6) is 5.75 Å². The second-order valence-corrected chi connectivity index (χ2v) is 7.22. The fourth-order valence-electron chi connectivity index (χ4n) is 3.60. The average molecular weight is 417 g/mol. The van der Waals surface area contributed by atoms with Gasteiger partial charge in [-0.15, -0.1) is 0 Å². The van der Waals surface area contributed by atoms with E-state index < -0.39 is 29.4 Å². The number of ether oxygens (including phenoxy) is 1. The highest BCUT2D eigenvalue weighted by Gasteiger charge is 2.34. The molecule has 3 aromatic rings. The maximum Gasteiger partial charge on any atom is 0.417 e. The van der Waals surface area contributed by atoms with Crippen LogP contribution in [0.4, 0.5) is 18.9 Å². The number of aryl methyl sites for hydroxylation is 2. The van der Waals surface area contributed by atoms with Crippen LogP contribution in [0.1, 0.15) is 30.0 Å². The van der Waals surface area contributed by atoms with Gasteiger partial charge in [0.2, 0.25) is 0 Å². The summed E-state index contributed by atoms with van der Waals surface area (Å²) < 4.78 is 49.9. The van der Waals surface area contributed by atoms with Gasteiger partial charge in [-0.2, -0.15) is 13.2 Å². The third-order valence-electron chi connectivity index (χ3n) is 5.07. The first-order chi connectivity index (χ1) is 14.2. The number of amides is 1. The zero-order valence-corrected chi connectivity index (χ0v) is 16.0. The molecule has 0 saturated heterocycles. The van der Waals surface area contributed by atoms with Crippen molar-refractivity contribution < 1.29 is 27.1 Å². The summed E-state index contributed by atoms with van der Waals surface area (Å²) in [7, 11) is 0. The van der Waals surface area contributed by atoms with E-state index in [0.29, 0.717) is 11.8 Å². The van der Waals surface area contributed by atoms with Crippen molar-refractivity contribution >= 4 is 22.6 Å². The summed E-state index contributed by atoms with van der Waals surface area (Å²) >= 11 is 0. The Kier molecular flexibility index (Phi) is 5.01. The Morgan fingerprint density at radius 3 is 2.63 bits per heavy atom. The van der Waals surface area contributed by atoms with Crippen LogP contribution in [0.2, 0.25) is 0 Å². The second kappa shape index (κ2) is 7.51. The van der Waals surface area contributed by atoms with Crippen molar-refractivity contribution in [2.24, 2.45) is 0 Å². The van der Waals surface area contributed by atoms with Crippen molar-refractivity contribution in [3.63, 3.8) is 0 Å². The van der Waals surface area contributed by atoms with E-state index in [1.54, 1.807) is 0 Å². The Labute approximate surface area is 169 Å². The zero-order chi connectivity index (χ0) is 21.5. The molecule has 1 aliphatic carbocycles. The first-order valence-electron chi connectivity index (χ1n) is 9.45. The third kappa shape index (κ3) is 4.03. The molecule has 2 aromatic carbocycles. The van der Waals surface area contributed by atoms with Crippen molar-refractivity contribution in [1.82, 2.24) is 0 Å². The lowest BCUT2D eigenvalue weighted by molar-refractivity contribution is -0.136. The molecule has 0 radical (unpaired) electrons. The molecule has 1 aromatic heterocycles. The second-order valence-electron chi connectivity index (χ2n) is 7.22. The lowest BCUT2D eigenvalue weighted by Gasteiger charge is -2.16. The summed E-state index contributed by atoms with van der Waals surface area (Å²) in [6.07, 6.45) is -2.50. The van der Waals surface area contributed by atoms with Gasteiger partial charge in [-0.3, -0.25) is 4.79 Å². The van der Waals surface area contributed by atoms with E-state index in [0.717, 1.165) is 25.3 Å². The molecule has 8 heteroatoms. The molecule has 1 aliphatic rings. The molecule has 0 unspecified atom stereocenters. The molecule has 1 N–H and O–H groups in total. The van der Waals surface area contributed by atoms with E-state index in [4.69, 9.17) is 9.15 Å². The minimum Gasteiger partial charge on any atom is -0.481 e. The number of nitrogens with one attached hydrogen (secondary N) is 1. The van der Waals surface area contributed by atoms with Crippen molar-refractivity contribution in [3.05, 3.63) is 69.6 Å². The molecule has 0 fully saturated rings. The molecule has 1 atom stereocenters. The quantitative estimate of drug-likeness (QED) is 0.625. The molecule has 0 bridgehead atoms. The van der Waals surface area contributed by atoms with Crippen LogP contribution < -0.4 is 15.7 Å². The molecule has 1 heterocycles. The summed E-state index contributed by atoms with van der Waals surface area (Å²) in [5.41, 5.74) is 0.700. The van der Waals surface area contributed by atoms with E-state index in [2.05, 4.69) is 5.32 Å². The van der Waals surface area contributed by atoms with Crippen LogP contribution in [0, 0.1) is 0 Å². The summed E-state index contributed by atoms with van der Waals surface area (Å²) in [6, 6.07) is 9.81. The molecule has 30 heavy (non-hydrogen) atoms. The number of hydrogen-bond donors (Lipinski definition) is 1. The van der Waals surface area contributed by atoms with Gasteiger partial charge in [-0.05, 0) is 61.6 Å². The number of alkyl halides is 3. The highest BCUT2D eigenvalue weighted by Crippen LogP contribution is 2.35. The number of fused-ring (bicyclic) bond motifs is 2. The number of carbonyl (C=O) groups is 1. The SMILES string of the molecule is C[C@@H](Oc1ccc2c(C(F)(F)F)cc(=O)oc2c1)C(=O)Nc1ccc2c(c1)CCC2. The van der Waals surface area contributed by atoms with Gasteiger partial charge in [0.25, 0.3) is 5.91 Å². The van der Waals surface area contributed by atoms with Gasteiger partial charge < -0.3 is 14.5 Å². The van der Waals surface area contributed by atoms with Crippen LogP contribution in [0.3, 0.4) is 0 Å². The molecule has 4 rings (SSSR count). The lowest BCUT2D eigenvalue weighted by Crippen LogP contribution is -2.30. The Bertz CT molecular complexity index is 1180. The van der Waals surface area contributed by atoms with Crippen LogP contribution >= 0.6 is 0 Å². The number of rotatable bonds is 4. The minimum absolute atomic E-state index is 0.113. The Balaban J connectivity index is 1.52. The first kappa shape index (κ1) is 20.0. The Morgan fingerprint density at radius 2 is 1.87 bits per heavy atom. The predicted octanol–water partition coefficient (Wildman–Crippen LogP) is 4.71. The van der Waals surface area contributed by atoms with Gasteiger partial charge in [0.15, 0.2) is 6.10 Å². The zero-order valence-electron chi connectivity index (χ0n) is 16.0. The number of hydrogen-bond acceptors (Lipinski definition) is 4.